The van der Waals surface area contributed by atoms with Crippen molar-refractivity contribution in [1.82, 2.24) is 10.6 Å². The van der Waals surface area contributed by atoms with Gasteiger partial charge in [-0.2, -0.15) is 0 Å². The summed E-state index contributed by atoms with van der Waals surface area (Å²) in [6, 6.07) is 0. The number of rotatable bonds is 1. The Hall–Kier alpha value is -0.160. The van der Waals surface area contributed by atoms with Crippen molar-refractivity contribution in [3.63, 3.8) is 0 Å². The fourth-order valence-corrected chi connectivity index (χ4v) is 0.820. The zero-order valence-corrected chi connectivity index (χ0v) is 5.42. The van der Waals surface area contributed by atoms with E-state index < -0.39 is 6.23 Å². The van der Waals surface area contributed by atoms with E-state index in [0.717, 1.165) is 13.0 Å². The molecule has 1 aliphatic heterocycles. The monoisotopic (exact) mass is 132 g/mol. The van der Waals surface area contributed by atoms with E-state index in [1.807, 2.05) is 0 Å². The van der Waals surface area contributed by atoms with E-state index in [9.17, 15) is 0 Å². The minimum Gasteiger partial charge on any atom is -0.378 e. The van der Waals surface area contributed by atoms with Gasteiger partial charge in [-0.3, -0.25) is 10.6 Å². The molecule has 1 heterocycles. The van der Waals surface area contributed by atoms with E-state index in [1.165, 1.54) is 0 Å². The molecule has 0 spiro atoms. The van der Waals surface area contributed by atoms with Crippen LogP contribution in [0.4, 0.5) is 0 Å². The molecule has 0 saturated carbocycles. The number of methoxy groups -OCH3 is 1. The van der Waals surface area contributed by atoms with Gasteiger partial charge < -0.3 is 9.84 Å². The second-order valence-electron chi connectivity index (χ2n) is 2.04. The van der Waals surface area contributed by atoms with Gasteiger partial charge in [0.15, 0.2) is 6.35 Å². The molecule has 0 aromatic rings. The van der Waals surface area contributed by atoms with Crippen LogP contribution in [0, 0.1) is 0 Å². The minimum absolute atomic E-state index is 0.186. The van der Waals surface area contributed by atoms with Gasteiger partial charge in [0.2, 0.25) is 0 Å². The lowest BCUT2D eigenvalue weighted by atomic mass is 10.3. The van der Waals surface area contributed by atoms with Crippen molar-refractivity contribution in [3.8, 4) is 0 Å². The SMILES string of the molecule is COC1NCCC(O)N1. The molecule has 54 valence electrons. The standard InChI is InChI=1S/C5H12N2O2/c1-9-5-6-3-2-4(8)7-5/h4-8H,2-3H2,1H3. The van der Waals surface area contributed by atoms with Gasteiger partial charge in [0.25, 0.3) is 0 Å². The van der Waals surface area contributed by atoms with Crippen LogP contribution in [-0.4, -0.2) is 31.3 Å². The molecule has 0 aromatic carbocycles. The van der Waals surface area contributed by atoms with Gasteiger partial charge in [-0.25, -0.2) is 0 Å². The Labute approximate surface area is 54.2 Å². The minimum atomic E-state index is -0.420. The van der Waals surface area contributed by atoms with Crippen LogP contribution in [0.5, 0.6) is 0 Å². The number of ether oxygens (including phenoxy) is 1. The van der Waals surface area contributed by atoms with Crippen molar-refractivity contribution in [2.45, 2.75) is 19.0 Å². The Morgan fingerprint density at radius 2 is 2.44 bits per heavy atom. The largest absolute Gasteiger partial charge is 0.378 e. The van der Waals surface area contributed by atoms with Gasteiger partial charge in [0.05, 0.1) is 0 Å². The molecule has 0 amide bonds. The van der Waals surface area contributed by atoms with Gasteiger partial charge in [-0.15, -0.1) is 0 Å². The third-order valence-corrected chi connectivity index (χ3v) is 1.33. The number of hydrogen-bond acceptors (Lipinski definition) is 4. The Bertz CT molecular complexity index is 89.0. The van der Waals surface area contributed by atoms with Crippen LogP contribution in [-0.2, 0) is 4.74 Å². The highest BCUT2D eigenvalue weighted by atomic mass is 16.5. The lowest BCUT2D eigenvalue weighted by molar-refractivity contribution is -0.0335. The van der Waals surface area contributed by atoms with Crippen molar-refractivity contribution in [2.75, 3.05) is 13.7 Å². The van der Waals surface area contributed by atoms with Crippen LogP contribution in [0.3, 0.4) is 0 Å². The van der Waals surface area contributed by atoms with Crippen LogP contribution in [0.25, 0.3) is 0 Å². The second-order valence-corrected chi connectivity index (χ2v) is 2.04. The van der Waals surface area contributed by atoms with Crippen LogP contribution in [0.15, 0.2) is 0 Å². The smallest absolute Gasteiger partial charge is 0.165 e. The predicted molar refractivity (Wildman–Crippen MR) is 32.6 cm³/mol. The van der Waals surface area contributed by atoms with Gasteiger partial charge >= 0.3 is 0 Å². The summed E-state index contributed by atoms with van der Waals surface area (Å²) >= 11 is 0. The predicted octanol–water partition coefficient (Wildman–Crippen LogP) is -1.18. The fraction of sp³-hybridized carbons (Fsp3) is 1.00. The van der Waals surface area contributed by atoms with Crippen LogP contribution in [0.2, 0.25) is 0 Å². The van der Waals surface area contributed by atoms with Gasteiger partial charge in [-0.05, 0) is 6.42 Å². The zero-order chi connectivity index (χ0) is 6.69. The summed E-state index contributed by atoms with van der Waals surface area (Å²) in [5, 5.41) is 14.8. The maximum atomic E-state index is 8.98. The van der Waals surface area contributed by atoms with Crippen LogP contribution < -0.4 is 10.6 Å². The van der Waals surface area contributed by atoms with E-state index >= 15 is 0 Å². The molecular weight excluding hydrogens is 120 g/mol. The molecule has 1 rings (SSSR count). The first kappa shape index (κ1) is 6.95. The third kappa shape index (κ3) is 1.91. The van der Waals surface area contributed by atoms with Crippen molar-refractivity contribution in [1.29, 1.82) is 0 Å². The summed E-state index contributed by atoms with van der Waals surface area (Å²) in [4.78, 5) is 0. The van der Waals surface area contributed by atoms with Gasteiger partial charge in [0, 0.05) is 13.7 Å². The number of nitrogens with one attached hydrogen (secondary N) is 2. The highest BCUT2D eigenvalue weighted by molar-refractivity contribution is 4.65. The molecule has 1 saturated heterocycles. The molecule has 4 nitrogen and oxygen atoms in total. The third-order valence-electron chi connectivity index (χ3n) is 1.33. The summed E-state index contributed by atoms with van der Waals surface area (Å²) in [6.07, 6.45) is 0.129. The number of hydrogen-bond donors (Lipinski definition) is 3. The van der Waals surface area contributed by atoms with Crippen LogP contribution >= 0.6 is 0 Å². The molecule has 4 heteroatoms. The first-order chi connectivity index (χ1) is 4.33. The van der Waals surface area contributed by atoms with Crippen molar-refractivity contribution < 1.29 is 9.84 Å². The van der Waals surface area contributed by atoms with Crippen molar-refractivity contribution in [3.05, 3.63) is 0 Å². The molecule has 0 radical (unpaired) electrons. The van der Waals surface area contributed by atoms with E-state index in [0.29, 0.717) is 0 Å². The number of aliphatic hydroxyl groups is 1. The van der Waals surface area contributed by atoms with Crippen molar-refractivity contribution >= 4 is 0 Å². The molecule has 0 aliphatic carbocycles. The maximum absolute atomic E-state index is 8.98. The maximum Gasteiger partial charge on any atom is 0.165 e. The molecule has 2 atom stereocenters. The first-order valence-electron chi connectivity index (χ1n) is 3.03. The lowest BCUT2D eigenvalue weighted by Crippen LogP contribution is -2.54. The molecule has 2 unspecified atom stereocenters. The van der Waals surface area contributed by atoms with Crippen molar-refractivity contribution in [2.24, 2.45) is 0 Å². The summed E-state index contributed by atoms with van der Waals surface area (Å²) in [5.74, 6) is 0. The average Bonchev–Trinajstić information content (AvgIpc) is 1.88. The molecule has 0 bridgehead atoms. The summed E-state index contributed by atoms with van der Waals surface area (Å²) in [6.45, 7) is 0.798. The molecule has 9 heavy (non-hydrogen) atoms. The quantitative estimate of drug-likeness (QED) is 0.420. The Balaban J connectivity index is 2.23. The zero-order valence-electron chi connectivity index (χ0n) is 5.42. The molecule has 1 fully saturated rings. The molecule has 0 aromatic heterocycles. The van der Waals surface area contributed by atoms with Gasteiger partial charge in [0.1, 0.15) is 6.23 Å². The Morgan fingerprint density at radius 1 is 1.67 bits per heavy atom. The van der Waals surface area contributed by atoms with E-state index in [-0.39, 0.29) is 6.35 Å². The summed E-state index contributed by atoms with van der Waals surface area (Å²) in [7, 11) is 1.59. The highest BCUT2D eigenvalue weighted by Crippen LogP contribution is 1.94. The molecular formula is C5H12N2O2. The highest BCUT2D eigenvalue weighted by Gasteiger charge is 2.16. The lowest BCUT2D eigenvalue weighted by Gasteiger charge is -2.27. The first-order valence-corrected chi connectivity index (χ1v) is 3.03. The van der Waals surface area contributed by atoms with E-state index in [4.69, 9.17) is 9.84 Å². The molecule has 1 aliphatic rings. The fourth-order valence-electron chi connectivity index (χ4n) is 0.820. The summed E-state index contributed by atoms with van der Waals surface area (Å²) < 4.78 is 4.88. The average molecular weight is 132 g/mol. The number of aliphatic hydroxyl groups excluding tert-OH is 1. The summed E-state index contributed by atoms with van der Waals surface area (Å²) in [5.41, 5.74) is 0. The van der Waals surface area contributed by atoms with E-state index in [1.54, 1.807) is 7.11 Å². The Morgan fingerprint density at radius 3 is 2.89 bits per heavy atom. The topological polar surface area (TPSA) is 53.5 Å². The second kappa shape index (κ2) is 3.12. The Kier molecular flexibility index (Phi) is 2.41. The van der Waals surface area contributed by atoms with Gasteiger partial charge in [-0.1, -0.05) is 0 Å². The van der Waals surface area contributed by atoms with E-state index in [2.05, 4.69) is 10.6 Å². The van der Waals surface area contributed by atoms with Crippen LogP contribution in [0.1, 0.15) is 6.42 Å². The normalized spacial score (nSPS) is 36.7. The molecule has 3 N–H and O–H groups in total.